The van der Waals surface area contributed by atoms with Crippen LogP contribution < -0.4 is 5.32 Å². The molecule has 0 aliphatic carbocycles. The number of likely N-dealkylation sites (tertiary alicyclic amines) is 1. The first-order valence-electron chi connectivity index (χ1n) is 8.98. The summed E-state index contributed by atoms with van der Waals surface area (Å²) in [5.74, 6) is 1.02. The summed E-state index contributed by atoms with van der Waals surface area (Å²) in [6.45, 7) is 12.7. The molecule has 1 fully saturated rings. The SMILES string of the molecule is CN=C(NCCCCOCc1ccccc1)N1CC(C)(C)C1(C)C.I. The third kappa shape index (κ3) is 5.58. The lowest BCUT2D eigenvalue weighted by molar-refractivity contribution is -0.0667. The van der Waals surface area contributed by atoms with E-state index in [9.17, 15) is 0 Å². The molecule has 25 heavy (non-hydrogen) atoms. The van der Waals surface area contributed by atoms with Crippen molar-refractivity contribution >= 4 is 29.9 Å². The third-order valence-electron chi connectivity index (χ3n) is 5.46. The minimum atomic E-state index is 0. The van der Waals surface area contributed by atoms with Crippen LogP contribution in [0.4, 0.5) is 0 Å². The monoisotopic (exact) mass is 459 g/mol. The lowest BCUT2D eigenvalue weighted by Gasteiger charge is -2.62. The standard InChI is InChI=1S/C20H33N3O.HI/c1-19(2)16-23(20(19,3)4)18(21-5)22-13-9-10-14-24-15-17-11-7-6-8-12-17;/h6-8,11-12H,9-10,13-16H2,1-5H3,(H,21,22);1H. The Bertz CT molecular complexity index is 543. The topological polar surface area (TPSA) is 36.9 Å². The van der Waals surface area contributed by atoms with Crippen LogP contribution in [0.3, 0.4) is 0 Å². The second kappa shape index (κ2) is 9.76. The van der Waals surface area contributed by atoms with E-state index >= 15 is 0 Å². The molecule has 1 aliphatic heterocycles. The summed E-state index contributed by atoms with van der Waals surface area (Å²) in [4.78, 5) is 6.82. The molecule has 0 amide bonds. The van der Waals surface area contributed by atoms with Crippen molar-refractivity contribution in [2.24, 2.45) is 10.4 Å². The van der Waals surface area contributed by atoms with Crippen LogP contribution in [0.2, 0.25) is 0 Å². The van der Waals surface area contributed by atoms with Crippen molar-refractivity contribution in [3.05, 3.63) is 35.9 Å². The molecule has 1 aromatic carbocycles. The molecular formula is C20H34IN3O. The first-order chi connectivity index (χ1) is 11.4. The van der Waals surface area contributed by atoms with E-state index in [0.717, 1.165) is 38.5 Å². The van der Waals surface area contributed by atoms with Crippen molar-refractivity contribution in [3.8, 4) is 0 Å². The number of halogens is 1. The molecule has 142 valence electrons. The summed E-state index contributed by atoms with van der Waals surface area (Å²) in [5, 5.41) is 3.49. The number of unbranched alkanes of at least 4 members (excludes halogenated alkanes) is 1. The lowest BCUT2D eigenvalue weighted by Crippen LogP contribution is -2.72. The number of nitrogens with zero attached hydrogens (tertiary/aromatic N) is 2. The quantitative estimate of drug-likeness (QED) is 0.286. The Hall–Kier alpha value is -0.820. The fourth-order valence-electron chi connectivity index (χ4n) is 2.99. The summed E-state index contributed by atoms with van der Waals surface area (Å²) in [6, 6.07) is 10.3. The van der Waals surface area contributed by atoms with Gasteiger partial charge < -0.3 is 15.0 Å². The average Bonchev–Trinajstić information content (AvgIpc) is 2.57. The van der Waals surface area contributed by atoms with E-state index in [0.29, 0.717) is 12.0 Å². The fraction of sp³-hybridized carbons (Fsp3) is 0.650. The fourth-order valence-corrected chi connectivity index (χ4v) is 2.99. The third-order valence-corrected chi connectivity index (χ3v) is 5.46. The van der Waals surface area contributed by atoms with E-state index in [1.165, 1.54) is 5.56 Å². The second-order valence-corrected chi connectivity index (χ2v) is 7.75. The van der Waals surface area contributed by atoms with E-state index in [2.05, 4.69) is 55.0 Å². The Labute approximate surface area is 170 Å². The number of hydrogen-bond acceptors (Lipinski definition) is 2. The van der Waals surface area contributed by atoms with Gasteiger partial charge in [0.1, 0.15) is 0 Å². The molecular weight excluding hydrogens is 425 g/mol. The van der Waals surface area contributed by atoms with Crippen LogP contribution >= 0.6 is 24.0 Å². The minimum absolute atomic E-state index is 0. The van der Waals surface area contributed by atoms with Gasteiger partial charge >= 0.3 is 0 Å². The number of benzene rings is 1. The number of rotatable bonds is 7. The van der Waals surface area contributed by atoms with Gasteiger partial charge in [-0.2, -0.15) is 0 Å². The maximum Gasteiger partial charge on any atom is 0.194 e. The highest BCUT2D eigenvalue weighted by Crippen LogP contribution is 2.46. The van der Waals surface area contributed by atoms with Crippen LogP contribution in [-0.4, -0.2) is 43.1 Å². The van der Waals surface area contributed by atoms with Crippen molar-refractivity contribution < 1.29 is 4.74 Å². The maximum atomic E-state index is 5.72. The maximum absolute atomic E-state index is 5.72. The molecule has 5 heteroatoms. The van der Waals surface area contributed by atoms with Crippen molar-refractivity contribution in [1.29, 1.82) is 0 Å². The Balaban J connectivity index is 0.00000312. The van der Waals surface area contributed by atoms with Crippen molar-refractivity contribution in [2.45, 2.75) is 52.7 Å². The molecule has 4 nitrogen and oxygen atoms in total. The Morgan fingerprint density at radius 2 is 1.84 bits per heavy atom. The molecule has 0 unspecified atom stereocenters. The van der Waals surface area contributed by atoms with Crippen LogP contribution in [0.25, 0.3) is 0 Å². The number of ether oxygens (including phenoxy) is 1. The second-order valence-electron chi connectivity index (χ2n) is 7.75. The molecule has 1 saturated heterocycles. The minimum Gasteiger partial charge on any atom is -0.377 e. The lowest BCUT2D eigenvalue weighted by atomic mass is 9.65. The zero-order chi connectivity index (χ0) is 17.6. The van der Waals surface area contributed by atoms with Crippen molar-refractivity contribution in [3.63, 3.8) is 0 Å². The predicted octanol–water partition coefficient (Wildman–Crippen LogP) is 4.30. The van der Waals surface area contributed by atoms with Gasteiger partial charge in [-0.1, -0.05) is 44.2 Å². The number of aliphatic imine (C=N–C) groups is 1. The van der Waals surface area contributed by atoms with Gasteiger partial charge in [-0.15, -0.1) is 24.0 Å². The molecule has 0 radical (unpaired) electrons. The summed E-state index contributed by atoms with van der Waals surface area (Å²) in [7, 11) is 1.87. The highest BCUT2D eigenvalue weighted by atomic mass is 127. The Morgan fingerprint density at radius 3 is 2.40 bits per heavy atom. The van der Waals surface area contributed by atoms with Crippen LogP contribution in [0, 0.1) is 5.41 Å². The van der Waals surface area contributed by atoms with Crippen LogP contribution in [0.1, 0.15) is 46.1 Å². The van der Waals surface area contributed by atoms with Gasteiger partial charge in [0.2, 0.25) is 0 Å². The molecule has 1 heterocycles. The normalized spacial score (nSPS) is 18.3. The first kappa shape index (κ1) is 22.2. The van der Waals surface area contributed by atoms with Gasteiger partial charge in [0.15, 0.2) is 5.96 Å². The van der Waals surface area contributed by atoms with Crippen LogP contribution in [0.5, 0.6) is 0 Å². The molecule has 0 spiro atoms. The van der Waals surface area contributed by atoms with Gasteiger partial charge in [-0.05, 0) is 32.3 Å². The van der Waals surface area contributed by atoms with Crippen LogP contribution in [-0.2, 0) is 11.3 Å². The van der Waals surface area contributed by atoms with Gasteiger partial charge in [0.25, 0.3) is 0 Å². The van der Waals surface area contributed by atoms with Gasteiger partial charge in [-0.3, -0.25) is 4.99 Å². The first-order valence-corrected chi connectivity index (χ1v) is 8.98. The highest BCUT2D eigenvalue weighted by molar-refractivity contribution is 14.0. The Morgan fingerprint density at radius 1 is 1.16 bits per heavy atom. The van der Waals surface area contributed by atoms with E-state index in [-0.39, 0.29) is 29.5 Å². The molecule has 2 rings (SSSR count). The number of nitrogens with one attached hydrogen (secondary N) is 1. The molecule has 0 bridgehead atoms. The predicted molar refractivity (Wildman–Crippen MR) is 117 cm³/mol. The van der Waals surface area contributed by atoms with Gasteiger partial charge in [0.05, 0.1) is 6.61 Å². The van der Waals surface area contributed by atoms with E-state index in [1.54, 1.807) is 0 Å². The molecule has 0 saturated carbocycles. The molecule has 1 N–H and O–H groups in total. The molecule has 0 aromatic heterocycles. The largest absolute Gasteiger partial charge is 0.377 e. The van der Waals surface area contributed by atoms with E-state index in [4.69, 9.17) is 4.74 Å². The van der Waals surface area contributed by atoms with E-state index < -0.39 is 0 Å². The zero-order valence-corrected chi connectivity index (χ0v) is 18.7. The molecule has 1 aromatic rings. The number of guanidine groups is 1. The summed E-state index contributed by atoms with van der Waals surface area (Å²) >= 11 is 0. The van der Waals surface area contributed by atoms with E-state index in [1.807, 2.05) is 25.2 Å². The van der Waals surface area contributed by atoms with Crippen molar-refractivity contribution in [1.82, 2.24) is 10.2 Å². The molecule has 1 aliphatic rings. The molecule has 0 atom stereocenters. The van der Waals surface area contributed by atoms with Gasteiger partial charge in [0, 0.05) is 37.7 Å². The summed E-state index contributed by atoms with van der Waals surface area (Å²) < 4.78 is 5.72. The zero-order valence-electron chi connectivity index (χ0n) is 16.3. The van der Waals surface area contributed by atoms with Gasteiger partial charge in [-0.25, -0.2) is 0 Å². The summed E-state index contributed by atoms with van der Waals surface area (Å²) in [6.07, 6.45) is 2.15. The highest BCUT2D eigenvalue weighted by Gasteiger charge is 2.53. The smallest absolute Gasteiger partial charge is 0.194 e. The Kier molecular flexibility index (Phi) is 8.68. The number of hydrogen-bond donors (Lipinski definition) is 1. The summed E-state index contributed by atoms with van der Waals surface area (Å²) in [5.41, 5.74) is 1.71. The average molecular weight is 459 g/mol. The van der Waals surface area contributed by atoms with Crippen molar-refractivity contribution in [2.75, 3.05) is 26.7 Å². The van der Waals surface area contributed by atoms with Crippen LogP contribution in [0.15, 0.2) is 35.3 Å².